The molecule has 0 bridgehead atoms. The molecule has 0 aliphatic carbocycles. The minimum atomic E-state index is 0.469. The first-order valence-corrected chi connectivity index (χ1v) is 5.81. The fraction of sp³-hybridized carbons (Fsp3) is 0.778. The smallest absolute Gasteiger partial charge is 0.202 e. The average molecular weight is 212 g/mol. The topological polar surface area (TPSA) is 49.8 Å². The zero-order valence-corrected chi connectivity index (χ0v) is 9.34. The highest BCUT2D eigenvalue weighted by atomic mass is 32.1. The Morgan fingerprint density at radius 1 is 1.57 bits per heavy atom. The van der Waals surface area contributed by atoms with Gasteiger partial charge >= 0.3 is 0 Å². The highest BCUT2D eigenvalue weighted by molar-refractivity contribution is 7.09. The van der Waals surface area contributed by atoms with Crippen molar-refractivity contribution in [1.29, 1.82) is 0 Å². The Morgan fingerprint density at radius 2 is 2.43 bits per heavy atom. The number of anilines is 1. The molecule has 0 aromatic carbocycles. The number of rotatable bonds is 2. The lowest BCUT2D eigenvalue weighted by Crippen LogP contribution is -2.51. The monoisotopic (exact) mass is 212 g/mol. The third kappa shape index (κ3) is 2.04. The first-order chi connectivity index (χ1) is 6.77. The van der Waals surface area contributed by atoms with Crippen molar-refractivity contribution in [3.05, 3.63) is 6.33 Å². The molecule has 3 atom stereocenters. The van der Waals surface area contributed by atoms with E-state index < -0.39 is 0 Å². The Kier molecular flexibility index (Phi) is 2.98. The first-order valence-electron chi connectivity index (χ1n) is 5.04. The molecule has 14 heavy (non-hydrogen) atoms. The number of piperidine rings is 1. The van der Waals surface area contributed by atoms with Gasteiger partial charge in [0.25, 0.3) is 0 Å². The second-order valence-electron chi connectivity index (χ2n) is 3.93. The molecule has 0 saturated carbocycles. The van der Waals surface area contributed by atoms with Crippen molar-refractivity contribution in [2.24, 2.45) is 5.92 Å². The highest BCUT2D eigenvalue weighted by Crippen LogP contribution is 2.21. The molecule has 0 amide bonds. The maximum atomic E-state index is 4.15. The lowest BCUT2D eigenvalue weighted by molar-refractivity contribution is 0.302. The summed E-state index contributed by atoms with van der Waals surface area (Å²) in [5.74, 6) is 0.690. The standard InChI is InChI=1S/C9H16N4S/c1-6-3-4-10-7(2)8(6)13-9-11-5-12-14-9/h5-8,10H,3-4H2,1-2H3,(H,11,12,13). The van der Waals surface area contributed by atoms with Crippen molar-refractivity contribution in [2.75, 3.05) is 11.9 Å². The van der Waals surface area contributed by atoms with Gasteiger partial charge in [-0.1, -0.05) is 6.92 Å². The van der Waals surface area contributed by atoms with E-state index >= 15 is 0 Å². The molecule has 0 spiro atoms. The zero-order valence-electron chi connectivity index (χ0n) is 8.53. The van der Waals surface area contributed by atoms with Gasteiger partial charge in [0.1, 0.15) is 6.33 Å². The summed E-state index contributed by atoms with van der Waals surface area (Å²) in [6, 6.07) is 0.972. The van der Waals surface area contributed by atoms with Gasteiger partial charge in [-0.25, -0.2) is 4.98 Å². The van der Waals surface area contributed by atoms with Crippen LogP contribution < -0.4 is 10.6 Å². The summed E-state index contributed by atoms with van der Waals surface area (Å²) < 4.78 is 3.99. The highest BCUT2D eigenvalue weighted by Gasteiger charge is 2.27. The van der Waals surface area contributed by atoms with Crippen molar-refractivity contribution in [3.8, 4) is 0 Å². The molecule has 2 heterocycles. The van der Waals surface area contributed by atoms with Crippen LogP contribution in [0.4, 0.5) is 5.13 Å². The Bertz CT molecular complexity index is 264. The molecule has 5 heteroatoms. The Hall–Kier alpha value is -0.680. The maximum absolute atomic E-state index is 4.15. The molecule has 3 unspecified atom stereocenters. The second-order valence-corrected chi connectivity index (χ2v) is 4.71. The molecule has 0 radical (unpaired) electrons. The van der Waals surface area contributed by atoms with Crippen LogP contribution in [-0.2, 0) is 0 Å². The van der Waals surface area contributed by atoms with Crippen LogP contribution in [0.1, 0.15) is 20.3 Å². The zero-order chi connectivity index (χ0) is 9.97. The van der Waals surface area contributed by atoms with Crippen LogP contribution in [0.2, 0.25) is 0 Å². The van der Waals surface area contributed by atoms with E-state index in [0.717, 1.165) is 11.7 Å². The van der Waals surface area contributed by atoms with E-state index in [1.165, 1.54) is 18.0 Å². The van der Waals surface area contributed by atoms with E-state index in [4.69, 9.17) is 0 Å². The number of nitrogens with one attached hydrogen (secondary N) is 2. The van der Waals surface area contributed by atoms with E-state index in [1.807, 2.05) is 0 Å². The van der Waals surface area contributed by atoms with E-state index in [9.17, 15) is 0 Å². The van der Waals surface area contributed by atoms with Crippen LogP contribution in [0.25, 0.3) is 0 Å². The average Bonchev–Trinajstić information content (AvgIpc) is 2.64. The van der Waals surface area contributed by atoms with Crippen molar-refractivity contribution in [3.63, 3.8) is 0 Å². The van der Waals surface area contributed by atoms with Gasteiger partial charge in [0.15, 0.2) is 0 Å². The Balaban J connectivity index is 2.01. The van der Waals surface area contributed by atoms with Crippen LogP contribution >= 0.6 is 11.5 Å². The van der Waals surface area contributed by atoms with Crippen LogP contribution in [0, 0.1) is 5.92 Å². The van der Waals surface area contributed by atoms with Gasteiger partial charge < -0.3 is 10.6 Å². The molecular formula is C9H16N4S. The quantitative estimate of drug-likeness (QED) is 0.776. The van der Waals surface area contributed by atoms with Crippen molar-refractivity contribution < 1.29 is 0 Å². The van der Waals surface area contributed by atoms with Crippen LogP contribution in [-0.4, -0.2) is 28.0 Å². The summed E-state index contributed by atoms with van der Waals surface area (Å²) in [6.45, 7) is 5.63. The lowest BCUT2D eigenvalue weighted by atomic mass is 9.89. The molecule has 1 aliphatic heterocycles. The predicted octanol–water partition coefficient (Wildman–Crippen LogP) is 1.34. The number of aromatic nitrogens is 2. The maximum Gasteiger partial charge on any atom is 0.202 e. The van der Waals surface area contributed by atoms with Gasteiger partial charge in [-0.2, -0.15) is 4.37 Å². The van der Waals surface area contributed by atoms with Gasteiger partial charge in [0.05, 0.1) is 0 Å². The largest absolute Gasteiger partial charge is 0.356 e. The van der Waals surface area contributed by atoms with Gasteiger partial charge in [-0.05, 0) is 25.8 Å². The van der Waals surface area contributed by atoms with E-state index in [1.54, 1.807) is 6.33 Å². The summed E-state index contributed by atoms with van der Waals surface area (Å²) in [6.07, 6.45) is 2.82. The van der Waals surface area contributed by atoms with E-state index in [-0.39, 0.29) is 0 Å². The van der Waals surface area contributed by atoms with Crippen LogP contribution in [0.15, 0.2) is 6.33 Å². The molecule has 2 N–H and O–H groups in total. The molecule has 1 aromatic heterocycles. The molecule has 1 fully saturated rings. The summed E-state index contributed by atoms with van der Waals surface area (Å²) in [5, 5.41) is 7.84. The number of hydrogen-bond acceptors (Lipinski definition) is 5. The van der Waals surface area contributed by atoms with E-state index in [0.29, 0.717) is 18.0 Å². The molecule has 1 aliphatic rings. The lowest BCUT2D eigenvalue weighted by Gasteiger charge is -2.35. The molecule has 1 aromatic rings. The van der Waals surface area contributed by atoms with Crippen LogP contribution in [0.3, 0.4) is 0 Å². The van der Waals surface area contributed by atoms with Crippen molar-refractivity contribution >= 4 is 16.7 Å². The molecule has 1 saturated heterocycles. The minimum Gasteiger partial charge on any atom is -0.356 e. The normalized spacial score (nSPS) is 32.9. The van der Waals surface area contributed by atoms with Crippen molar-refractivity contribution in [2.45, 2.75) is 32.4 Å². The summed E-state index contributed by atoms with van der Waals surface area (Å²) in [4.78, 5) is 4.15. The SMILES string of the molecule is CC1CCNC(C)C1Nc1ncns1. The van der Waals surface area contributed by atoms with E-state index in [2.05, 4.69) is 33.8 Å². The number of hydrogen-bond donors (Lipinski definition) is 2. The molecule has 78 valence electrons. The van der Waals surface area contributed by atoms with Gasteiger partial charge in [0, 0.05) is 23.6 Å². The Labute approximate surface area is 88.3 Å². The second kappa shape index (κ2) is 4.23. The Morgan fingerprint density at radius 3 is 3.07 bits per heavy atom. The van der Waals surface area contributed by atoms with Crippen molar-refractivity contribution in [1.82, 2.24) is 14.7 Å². The summed E-state index contributed by atoms with van der Waals surface area (Å²) in [5.41, 5.74) is 0. The number of nitrogens with zero attached hydrogens (tertiary/aromatic N) is 2. The molecule has 2 rings (SSSR count). The third-order valence-corrected chi connectivity index (χ3v) is 3.47. The first kappa shape index (κ1) is 9.86. The van der Waals surface area contributed by atoms with Gasteiger partial charge in [-0.3, -0.25) is 0 Å². The predicted molar refractivity (Wildman–Crippen MR) is 58.6 cm³/mol. The molecule has 4 nitrogen and oxygen atoms in total. The summed E-state index contributed by atoms with van der Waals surface area (Å²) in [7, 11) is 0. The van der Waals surface area contributed by atoms with Crippen LogP contribution in [0.5, 0.6) is 0 Å². The minimum absolute atomic E-state index is 0.469. The van der Waals surface area contributed by atoms with Gasteiger partial charge in [-0.15, -0.1) is 0 Å². The fourth-order valence-electron chi connectivity index (χ4n) is 1.98. The summed E-state index contributed by atoms with van der Waals surface area (Å²) >= 11 is 1.42. The fourth-order valence-corrected chi connectivity index (χ4v) is 2.46. The molecular weight excluding hydrogens is 196 g/mol. The van der Waals surface area contributed by atoms with Gasteiger partial charge in [0.2, 0.25) is 5.13 Å². The third-order valence-electron chi connectivity index (χ3n) is 2.87.